The van der Waals surface area contributed by atoms with Gasteiger partial charge in [0.25, 0.3) is 0 Å². The third-order valence-corrected chi connectivity index (χ3v) is 3.54. The lowest BCUT2D eigenvalue weighted by atomic mass is 9.92. The fraction of sp³-hybridized carbons (Fsp3) is 0.333. The molecule has 0 spiro atoms. The van der Waals surface area contributed by atoms with Crippen molar-refractivity contribution in [3.05, 3.63) is 33.8 Å². The Bertz CT molecular complexity index is 525. The number of hydrogen-bond donors (Lipinski definition) is 1. The summed E-state index contributed by atoms with van der Waals surface area (Å²) in [5.74, 6) is 0.682. The second-order valence-corrected chi connectivity index (χ2v) is 5.99. The van der Waals surface area contributed by atoms with Crippen molar-refractivity contribution < 1.29 is 0 Å². The van der Waals surface area contributed by atoms with E-state index < -0.39 is 0 Å². The van der Waals surface area contributed by atoms with E-state index in [1.807, 2.05) is 12.1 Å². The van der Waals surface area contributed by atoms with Crippen LogP contribution < -0.4 is 5.73 Å². The van der Waals surface area contributed by atoms with Gasteiger partial charge in [0, 0.05) is 17.8 Å². The van der Waals surface area contributed by atoms with E-state index in [2.05, 4.69) is 53.4 Å². The Morgan fingerprint density at radius 3 is 2.29 bits per heavy atom. The van der Waals surface area contributed by atoms with Crippen molar-refractivity contribution in [1.82, 2.24) is 14.8 Å². The summed E-state index contributed by atoms with van der Waals surface area (Å²) >= 11 is 2.25. The van der Waals surface area contributed by atoms with Crippen molar-refractivity contribution in [3.8, 4) is 5.69 Å². The lowest BCUT2D eigenvalue weighted by Crippen LogP contribution is -2.14. The van der Waals surface area contributed by atoms with Gasteiger partial charge in [-0.3, -0.25) is 4.98 Å². The van der Waals surface area contributed by atoms with Crippen molar-refractivity contribution >= 4 is 28.4 Å². The molecule has 90 valence electrons. The molecule has 2 aromatic rings. The zero-order chi connectivity index (χ0) is 12.6. The van der Waals surface area contributed by atoms with Crippen LogP contribution in [0.1, 0.15) is 26.5 Å². The van der Waals surface area contributed by atoms with Gasteiger partial charge in [-0.2, -0.15) is 5.10 Å². The molecular formula is C12H15IN4. The molecule has 0 fully saturated rings. The van der Waals surface area contributed by atoms with Crippen LogP contribution in [0.4, 0.5) is 5.82 Å². The predicted molar refractivity (Wildman–Crippen MR) is 77.2 cm³/mol. The smallest absolute Gasteiger partial charge is 0.141 e. The number of aromatic nitrogens is 3. The van der Waals surface area contributed by atoms with Crippen LogP contribution in [0.2, 0.25) is 0 Å². The molecule has 0 unspecified atom stereocenters. The Kier molecular flexibility index (Phi) is 3.11. The number of anilines is 1. The van der Waals surface area contributed by atoms with E-state index >= 15 is 0 Å². The second-order valence-electron chi connectivity index (χ2n) is 4.92. The van der Waals surface area contributed by atoms with Crippen LogP contribution in [0.3, 0.4) is 0 Å². The Morgan fingerprint density at radius 1 is 1.24 bits per heavy atom. The zero-order valence-electron chi connectivity index (χ0n) is 10.1. The van der Waals surface area contributed by atoms with E-state index in [1.165, 1.54) is 0 Å². The quantitative estimate of drug-likeness (QED) is 0.811. The largest absolute Gasteiger partial charge is 0.383 e. The van der Waals surface area contributed by atoms with Gasteiger partial charge in [-0.25, -0.2) is 4.68 Å². The van der Waals surface area contributed by atoms with Crippen LogP contribution in [0, 0.1) is 3.57 Å². The van der Waals surface area contributed by atoms with Gasteiger partial charge < -0.3 is 5.73 Å². The number of hydrogen-bond acceptors (Lipinski definition) is 3. The van der Waals surface area contributed by atoms with Crippen molar-refractivity contribution in [1.29, 1.82) is 0 Å². The van der Waals surface area contributed by atoms with Crippen LogP contribution in [0.25, 0.3) is 5.69 Å². The lowest BCUT2D eigenvalue weighted by molar-refractivity contribution is 0.557. The number of rotatable bonds is 1. The average molecular weight is 342 g/mol. The molecule has 0 saturated heterocycles. The second kappa shape index (κ2) is 4.29. The molecule has 0 aliphatic heterocycles. The summed E-state index contributed by atoms with van der Waals surface area (Å²) in [6.45, 7) is 6.40. The van der Waals surface area contributed by atoms with Crippen LogP contribution >= 0.6 is 22.6 Å². The summed E-state index contributed by atoms with van der Waals surface area (Å²) in [7, 11) is 0. The third kappa shape index (κ3) is 2.29. The molecule has 0 atom stereocenters. The van der Waals surface area contributed by atoms with Gasteiger partial charge in [-0.05, 0) is 34.7 Å². The van der Waals surface area contributed by atoms with Crippen molar-refractivity contribution in [2.45, 2.75) is 26.2 Å². The van der Waals surface area contributed by atoms with Crippen molar-refractivity contribution in [3.63, 3.8) is 0 Å². The fourth-order valence-corrected chi connectivity index (χ4v) is 2.72. The van der Waals surface area contributed by atoms with Gasteiger partial charge in [0.05, 0.1) is 15.0 Å². The Hall–Kier alpha value is -1.11. The van der Waals surface area contributed by atoms with E-state index in [0.717, 1.165) is 15.0 Å². The molecule has 17 heavy (non-hydrogen) atoms. The molecule has 0 bridgehead atoms. The number of pyridine rings is 1. The molecule has 2 heterocycles. The van der Waals surface area contributed by atoms with E-state index in [0.29, 0.717) is 5.82 Å². The van der Waals surface area contributed by atoms with E-state index in [9.17, 15) is 0 Å². The summed E-state index contributed by atoms with van der Waals surface area (Å²) in [4.78, 5) is 3.99. The molecule has 2 rings (SSSR count). The molecule has 0 aliphatic rings. The molecular weight excluding hydrogens is 327 g/mol. The normalized spacial score (nSPS) is 11.8. The minimum absolute atomic E-state index is 0.0110. The van der Waals surface area contributed by atoms with Gasteiger partial charge in [-0.15, -0.1) is 0 Å². The first kappa shape index (κ1) is 12.3. The maximum Gasteiger partial charge on any atom is 0.141 e. The topological polar surface area (TPSA) is 56.7 Å². The predicted octanol–water partition coefficient (Wildman–Crippen LogP) is 2.75. The number of halogens is 1. The molecule has 2 N–H and O–H groups in total. The molecule has 2 aromatic heterocycles. The number of nitrogens with two attached hydrogens (primary N) is 1. The highest BCUT2D eigenvalue weighted by Gasteiger charge is 2.24. The first-order valence-corrected chi connectivity index (χ1v) is 6.44. The molecule has 0 aliphatic carbocycles. The molecule has 0 saturated carbocycles. The van der Waals surface area contributed by atoms with E-state index in [1.54, 1.807) is 17.1 Å². The van der Waals surface area contributed by atoms with Crippen LogP contribution in [-0.4, -0.2) is 14.8 Å². The average Bonchev–Trinajstić information content (AvgIpc) is 2.57. The monoisotopic (exact) mass is 342 g/mol. The number of nitrogen functional groups attached to an aromatic ring is 1. The van der Waals surface area contributed by atoms with Crippen LogP contribution in [-0.2, 0) is 5.41 Å². The fourth-order valence-electron chi connectivity index (χ4n) is 1.57. The van der Waals surface area contributed by atoms with Gasteiger partial charge in [0.15, 0.2) is 0 Å². The number of nitrogens with zero attached hydrogens (tertiary/aromatic N) is 3. The Labute approximate surface area is 114 Å². The minimum Gasteiger partial charge on any atom is -0.383 e. The molecule has 5 heteroatoms. The molecule has 0 amide bonds. The molecule has 0 radical (unpaired) electrons. The summed E-state index contributed by atoms with van der Waals surface area (Å²) in [6, 6.07) is 3.79. The maximum atomic E-state index is 6.10. The maximum absolute atomic E-state index is 6.10. The molecule has 4 nitrogen and oxygen atoms in total. The van der Waals surface area contributed by atoms with Gasteiger partial charge in [-0.1, -0.05) is 20.8 Å². The first-order valence-electron chi connectivity index (χ1n) is 5.36. The Balaban J connectivity index is 2.59. The van der Waals surface area contributed by atoms with Crippen molar-refractivity contribution in [2.24, 2.45) is 0 Å². The molecule has 0 aromatic carbocycles. The van der Waals surface area contributed by atoms with E-state index in [4.69, 9.17) is 5.73 Å². The summed E-state index contributed by atoms with van der Waals surface area (Å²) in [6.07, 6.45) is 3.47. The summed E-state index contributed by atoms with van der Waals surface area (Å²) < 4.78 is 2.79. The minimum atomic E-state index is -0.0110. The van der Waals surface area contributed by atoms with Crippen LogP contribution in [0.5, 0.6) is 0 Å². The van der Waals surface area contributed by atoms with Crippen molar-refractivity contribution in [2.75, 3.05) is 5.73 Å². The van der Waals surface area contributed by atoms with Gasteiger partial charge in [0.1, 0.15) is 5.82 Å². The summed E-state index contributed by atoms with van der Waals surface area (Å²) in [5.41, 5.74) is 8.05. The van der Waals surface area contributed by atoms with Gasteiger partial charge >= 0.3 is 0 Å². The zero-order valence-corrected chi connectivity index (χ0v) is 12.3. The van der Waals surface area contributed by atoms with Crippen LogP contribution in [0.15, 0.2) is 24.5 Å². The highest BCUT2D eigenvalue weighted by Crippen LogP contribution is 2.31. The highest BCUT2D eigenvalue weighted by atomic mass is 127. The Morgan fingerprint density at radius 2 is 1.82 bits per heavy atom. The van der Waals surface area contributed by atoms with Gasteiger partial charge in [0.2, 0.25) is 0 Å². The SMILES string of the molecule is CC(C)(C)c1nn(-c2ccncc2)c(N)c1I. The third-order valence-electron chi connectivity index (χ3n) is 2.48. The standard InChI is InChI=1S/C12H15IN4/c1-12(2,3)10-9(13)11(14)17(16-10)8-4-6-15-7-5-8/h4-7H,14H2,1-3H3. The van der Waals surface area contributed by atoms with E-state index in [-0.39, 0.29) is 5.41 Å². The first-order chi connectivity index (χ1) is 7.91. The lowest BCUT2D eigenvalue weighted by Gasteiger charge is -2.15. The summed E-state index contributed by atoms with van der Waals surface area (Å²) in [5, 5.41) is 4.61. The highest BCUT2D eigenvalue weighted by molar-refractivity contribution is 14.1.